The van der Waals surface area contributed by atoms with Gasteiger partial charge in [-0.25, -0.2) is 4.98 Å². The van der Waals surface area contributed by atoms with Crippen molar-refractivity contribution in [3.63, 3.8) is 0 Å². The Morgan fingerprint density at radius 1 is 1.33 bits per heavy atom. The molecule has 1 aliphatic rings. The molecule has 7 heteroatoms. The number of hydrogen-bond donors (Lipinski definition) is 1. The molecule has 0 unspecified atom stereocenters. The number of carbonyl (C=O) groups excluding carboxylic acids is 1. The highest BCUT2D eigenvalue weighted by Gasteiger charge is 2.12. The molecule has 0 radical (unpaired) electrons. The number of nitrogens with zero attached hydrogens (tertiary/aromatic N) is 1. The van der Waals surface area contributed by atoms with Gasteiger partial charge in [-0.15, -0.1) is 23.1 Å². The van der Waals surface area contributed by atoms with E-state index < -0.39 is 0 Å². The van der Waals surface area contributed by atoms with Crippen LogP contribution in [0.5, 0.6) is 11.5 Å². The van der Waals surface area contributed by atoms with Gasteiger partial charge in [0.2, 0.25) is 5.91 Å². The van der Waals surface area contributed by atoms with E-state index in [9.17, 15) is 4.79 Å². The minimum atomic E-state index is 0.0854. The summed E-state index contributed by atoms with van der Waals surface area (Å²) in [6.07, 6.45) is 1.35. The highest BCUT2D eigenvalue weighted by molar-refractivity contribution is 7.99. The van der Waals surface area contributed by atoms with E-state index in [1.54, 1.807) is 23.1 Å². The van der Waals surface area contributed by atoms with Crippen molar-refractivity contribution in [2.45, 2.75) is 24.7 Å². The van der Waals surface area contributed by atoms with Crippen molar-refractivity contribution in [3.05, 3.63) is 34.3 Å². The SMILES string of the molecule is Cc1ncsc1CCNC(=O)CCSc1ccc2c(c1)OCCO2. The summed E-state index contributed by atoms with van der Waals surface area (Å²) >= 11 is 3.29. The fourth-order valence-corrected chi connectivity index (χ4v) is 4.00. The molecular formula is C17H20N2O3S2. The van der Waals surface area contributed by atoms with E-state index >= 15 is 0 Å². The lowest BCUT2D eigenvalue weighted by molar-refractivity contribution is -0.120. The molecule has 0 spiro atoms. The summed E-state index contributed by atoms with van der Waals surface area (Å²) in [5.41, 5.74) is 2.90. The maximum absolute atomic E-state index is 11.9. The average molecular weight is 364 g/mol. The van der Waals surface area contributed by atoms with Gasteiger partial charge < -0.3 is 14.8 Å². The summed E-state index contributed by atoms with van der Waals surface area (Å²) in [4.78, 5) is 18.4. The molecule has 1 N–H and O–H groups in total. The van der Waals surface area contributed by atoms with Crippen molar-refractivity contribution in [1.82, 2.24) is 10.3 Å². The van der Waals surface area contributed by atoms with Crippen LogP contribution in [0, 0.1) is 6.92 Å². The van der Waals surface area contributed by atoms with Crippen molar-refractivity contribution in [3.8, 4) is 11.5 Å². The molecular weight excluding hydrogens is 344 g/mol. The summed E-state index contributed by atoms with van der Waals surface area (Å²) < 4.78 is 11.1. The maximum Gasteiger partial charge on any atom is 0.220 e. The molecule has 2 heterocycles. The van der Waals surface area contributed by atoms with Gasteiger partial charge in [-0.2, -0.15) is 0 Å². The van der Waals surface area contributed by atoms with Gasteiger partial charge in [0, 0.05) is 34.9 Å². The average Bonchev–Trinajstić information content (AvgIpc) is 3.00. The first-order chi connectivity index (χ1) is 11.7. The Kier molecular flexibility index (Phi) is 5.98. The van der Waals surface area contributed by atoms with Crippen molar-refractivity contribution >= 4 is 29.0 Å². The predicted octanol–water partition coefficient (Wildman–Crippen LogP) is 3.06. The summed E-state index contributed by atoms with van der Waals surface area (Å²) in [5, 5.41) is 2.97. The van der Waals surface area contributed by atoms with E-state index in [-0.39, 0.29) is 5.91 Å². The van der Waals surface area contributed by atoms with Gasteiger partial charge in [-0.1, -0.05) is 0 Å². The second-order valence-electron chi connectivity index (χ2n) is 5.36. The molecule has 1 aliphatic heterocycles. The minimum absolute atomic E-state index is 0.0854. The highest BCUT2D eigenvalue weighted by atomic mass is 32.2. The van der Waals surface area contributed by atoms with Crippen molar-refractivity contribution < 1.29 is 14.3 Å². The third-order valence-corrected chi connectivity index (χ3v) is 5.62. The zero-order chi connectivity index (χ0) is 16.8. The molecule has 0 saturated carbocycles. The Morgan fingerprint density at radius 3 is 2.96 bits per heavy atom. The Labute approximate surface area is 149 Å². The van der Waals surface area contributed by atoms with Crippen LogP contribution < -0.4 is 14.8 Å². The first-order valence-corrected chi connectivity index (χ1v) is 9.77. The number of thiazole rings is 1. The van der Waals surface area contributed by atoms with Gasteiger partial charge in [0.1, 0.15) is 13.2 Å². The van der Waals surface area contributed by atoms with Crippen LogP contribution in [0.3, 0.4) is 0 Å². The first-order valence-electron chi connectivity index (χ1n) is 7.90. The number of aryl methyl sites for hydroxylation is 1. The second kappa shape index (κ2) is 8.39. The number of thioether (sulfide) groups is 1. The molecule has 24 heavy (non-hydrogen) atoms. The third-order valence-electron chi connectivity index (χ3n) is 3.63. The van der Waals surface area contributed by atoms with E-state index in [2.05, 4.69) is 10.3 Å². The molecule has 1 amide bonds. The maximum atomic E-state index is 11.9. The van der Waals surface area contributed by atoms with Crippen LogP contribution in [0.4, 0.5) is 0 Å². The topological polar surface area (TPSA) is 60.5 Å². The van der Waals surface area contributed by atoms with Gasteiger partial charge in [0.05, 0.1) is 11.2 Å². The van der Waals surface area contributed by atoms with Crippen LogP contribution >= 0.6 is 23.1 Å². The largest absolute Gasteiger partial charge is 0.486 e. The zero-order valence-electron chi connectivity index (χ0n) is 13.5. The van der Waals surface area contributed by atoms with E-state index in [0.29, 0.717) is 26.2 Å². The normalized spacial score (nSPS) is 12.9. The smallest absolute Gasteiger partial charge is 0.220 e. The number of aromatic nitrogens is 1. The van der Waals surface area contributed by atoms with Gasteiger partial charge in [-0.05, 0) is 25.1 Å². The number of amides is 1. The van der Waals surface area contributed by atoms with E-state index in [0.717, 1.165) is 34.3 Å². The molecule has 1 aromatic heterocycles. The van der Waals surface area contributed by atoms with Crippen molar-refractivity contribution in [2.75, 3.05) is 25.5 Å². The molecule has 0 saturated heterocycles. The third kappa shape index (κ3) is 4.64. The lowest BCUT2D eigenvalue weighted by atomic mass is 10.3. The lowest BCUT2D eigenvalue weighted by Gasteiger charge is -2.18. The van der Waals surface area contributed by atoms with E-state index in [4.69, 9.17) is 9.47 Å². The molecule has 0 fully saturated rings. The number of nitrogens with one attached hydrogen (secondary N) is 1. The Morgan fingerprint density at radius 2 is 2.17 bits per heavy atom. The van der Waals surface area contributed by atoms with Crippen LogP contribution in [-0.2, 0) is 11.2 Å². The lowest BCUT2D eigenvalue weighted by Crippen LogP contribution is -2.25. The summed E-state index contributed by atoms with van der Waals surface area (Å²) in [5.74, 6) is 2.41. The fourth-order valence-electron chi connectivity index (χ4n) is 2.35. The van der Waals surface area contributed by atoms with Crippen molar-refractivity contribution in [1.29, 1.82) is 0 Å². The van der Waals surface area contributed by atoms with Crippen molar-refractivity contribution in [2.24, 2.45) is 0 Å². The Hall–Kier alpha value is -1.73. The predicted molar refractivity (Wildman–Crippen MR) is 96.3 cm³/mol. The number of hydrogen-bond acceptors (Lipinski definition) is 6. The molecule has 5 nitrogen and oxygen atoms in total. The molecule has 128 valence electrons. The number of carbonyl (C=O) groups is 1. The summed E-state index contributed by atoms with van der Waals surface area (Å²) in [6.45, 7) is 3.84. The number of benzene rings is 1. The van der Waals surface area contributed by atoms with Crippen LogP contribution in [-0.4, -0.2) is 36.4 Å². The van der Waals surface area contributed by atoms with Crippen LogP contribution in [0.1, 0.15) is 17.0 Å². The quantitative estimate of drug-likeness (QED) is 0.765. The Bertz CT molecular complexity index is 703. The van der Waals surface area contributed by atoms with Gasteiger partial charge in [0.25, 0.3) is 0 Å². The first kappa shape index (κ1) is 17.1. The highest BCUT2D eigenvalue weighted by Crippen LogP contribution is 2.34. The van der Waals surface area contributed by atoms with Gasteiger partial charge >= 0.3 is 0 Å². The molecule has 0 aliphatic carbocycles. The minimum Gasteiger partial charge on any atom is -0.486 e. The number of rotatable bonds is 7. The Balaban J connectivity index is 1.37. The zero-order valence-corrected chi connectivity index (χ0v) is 15.2. The molecule has 0 bridgehead atoms. The van der Waals surface area contributed by atoms with Gasteiger partial charge in [0.15, 0.2) is 11.5 Å². The standard InChI is InChI=1S/C17H20N2O3S2/c1-12-16(24-11-19-12)4-6-18-17(20)5-9-23-13-2-3-14-15(10-13)22-8-7-21-14/h2-3,10-11H,4-9H2,1H3,(H,18,20). The molecule has 1 aromatic carbocycles. The van der Waals surface area contributed by atoms with E-state index in [1.807, 2.05) is 30.6 Å². The summed E-state index contributed by atoms with van der Waals surface area (Å²) in [7, 11) is 0. The fraction of sp³-hybridized carbons (Fsp3) is 0.412. The molecule has 0 atom stereocenters. The second-order valence-corrected chi connectivity index (χ2v) is 7.47. The monoisotopic (exact) mass is 364 g/mol. The van der Waals surface area contributed by atoms with Crippen LogP contribution in [0.2, 0.25) is 0 Å². The van der Waals surface area contributed by atoms with E-state index in [1.165, 1.54) is 4.88 Å². The van der Waals surface area contributed by atoms with Crippen LogP contribution in [0.15, 0.2) is 28.6 Å². The number of fused-ring (bicyclic) bond motifs is 1. The molecule has 3 rings (SSSR count). The van der Waals surface area contributed by atoms with Gasteiger partial charge in [-0.3, -0.25) is 4.79 Å². The molecule has 2 aromatic rings. The summed E-state index contributed by atoms with van der Waals surface area (Å²) in [6, 6.07) is 5.90. The van der Waals surface area contributed by atoms with Crippen LogP contribution in [0.25, 0.3) is 0 Å². The number of ether oxygens (including phenoxy) is 2.